The molecule has 0 aliphatic carbocycles. The maximum Gasteiger partial charge on any atom is 0.170 e. The average molecular weight is 388 g/mol. The minimum Gasteiger partial charge on any atom is -0.493 e. The Morgan fingerprint density at radius 1 is 1.14 bits per heavy atom. The number of carbonyl (C=O) groups excluding carboxylic acids is 1. The van der Waals surface area contributed by atoms with Gasteiger partial charge >= 0.3 is 0 Å². The Morgan fingerprint density at radius 2 is 1.90 bits per heavy atom. The predicted octanol–water partition coefficient (Wildman–Crippen LogP) is 5.58. The van der Waals surface area contributed by atoms with Crippen LogP contribution in [0.1, 0.15) is 22.8 Å². The summed E-state index contributed by atoms with van der Waals surface area (Å²) in [6.07, 6.45) is 0.243. The van der Waals surface area contributed by atoms with Crippen molar-refractivity contribution in [2.24, 2.45) is 0 Å². The predicted molar refractivity (Wildman–Crippen MR) is 89.8 cm³/mol. The smallest absolute Gasteiger partial charge is 0.170 e. The van der Waals surface area contributed by atoms with Crippen LogP contribution in [0.15, 0.2) is 40.9 Å². The van der Waals surface area contributed by atoms with Gasteiger partial charge in [-0.05, 0) is 42.8 Å². The Balaban J connectivity index is 2.27. The lowest BCUT2D eigenvalue weighted by atomic mass is 10.0. The van der Waals surface area contributed by atoms with Crippen molar-refractivity contribution in [2.45, 2.75) is 13.3 Å². The molecular formula is C16H13BrCl2O2. The molecule has 0 fully saturated rings. The molecule has 0 atom stereocenters. The van der Waals surface area contributed by atoms with E-state index in [1.54, 1.807) is 30.3 Å². The molecule has 2 aromatic rings. The van der Waals surface area contributed by atoms with E-state index in [2.05, 4.69) is 15.9 Å². The van der Waals surface area contributed by atoms with Crippen LogP contribution >= 0.6 is 39.1 Å². The fraction of sp³-hybridized carbons (Fsp3) is 0.188. The highest BCUT2D eigenvalue weighted by atomic mass is 79.9. The van der Waals surface area contributed by atoms with Gasteiger partial charge in [0.05, 0.1) is 22.2 Å². The first-order valence-electron chi connectivity index (χ1n) is 6.40. The number of ether oxygens (including phenoxy) is 1. The second-order valence-corrected chi connectivity index (χ2v) is 6.15. The molecule has 0 amide bonds. The van der Waals surface area contributed by atoms with Gasteiger partial charge in [0, 0.05) is 10.9 Å². The van der Waals surface area contributed by atoms with E-state index in [0.29, 0.717) is 28.0 Å². The first kappa shape index (κ1) is 16.3. The lowest BCUT2D eigenvalue weighted by molar-refractivity contribution is 0.0989. The second kappa shape index (κ2) is 7.30. The highest BCUT2D eigenvalue weighted by Gasteiger charge is 2.14. The van der Waals surface area contributed by atoms with Crippen molar-refractivity contribution < 1.29 is 9.53 Å². The van der Waals surface area contributed by atoms with Gasteiger partial charge in [0.2, 0.25) is 0 Å². The molecule has 0 unspecified atom stereocenters. The Morgan fingerprint density at radius 3 is 2.57 bits per heavy atom. The van der Waals surface area contributed by atoms with E-state index in [1.165, 1.54) is 0 Å². The van der Waals surface area contributed by atoms with E-state index in [-0.39, 0.29) is 12.2 Å². The van der Waals surface area contributed by atoms with Crippen LogP contribution in [0.3, 0.4) is 0 Å². The summed E-state index contributed by atoms with van der Waals surface area (Å²) in [4.78, 5) is 12.5. The number of rotatable bonds is 5. The zero-order chi connectivity index (χ0) is 15.4. The first-order valence-corrected chi connectivity index (χ1v) is 7.95. The molecule has 0 bridgehead atoms. The van der Waals surface area contributed by atoms with E-state index < -0.39 is 0 Å². The van der Waals surface area contributed by atoms with Crippen LogP contribution in [0, 0.1) is 0 Å². The quantitative estimate of drug-likeness (QED) is 0.626. The van der Waals surface area contributed by atoms with Gasteiger partial charge in [-0.2, -0.15) is 0 Å². The van der Waals surface area contributed by atoms with E-state index >= 15 is 0 Å². The standard InChI is InChI=1S/C16H13BrCl2O2/c1-2-21-16-6-4-11(17)9-12(16)15(20)8-10-3-5-13(18)14(19)7-10/h3-7,9H,2,8H2,1H3. The SMILES string of the molecule is CCOc1ccc(Br)cc1C(=O)Cc1ccc(Cl)c(Cl)c1. The van der Waals surface area contributed by atoms with Crippen LogP contribution in [0.4, 0.5) is 0 Å². The highest BCUT2D eigenvalue weighted by Crippen LogP contribution is 2.27. The molecule has 5 heteroatoms. The maximum absolute atomic E-state index is 12.5. The molecule has 0 saturated heterocycles. The third-order valence-corrected chi connectivity index (χ3v) is 4.12. The molecule has 0 aliphatic heterocycles. The average Bonchev–Trinajstić information content (AvgIpc) is 2.45. The summed E-state index contributed by atoms with van der Waals surface area (Å²) in [5.41, 5.74) is 1.37. The van der Waals surface area contributed by atoms with Crippen molar-refractivity contribution in [1.29, 1.82) is 0 Å². The summed E-state index contributed by atoms with van der Waals surface area (Å²) in [6.45, 7) is 2.39. The molecule has 0 aliphatic rings. The Labute approximate surface area is 142 Å². The molecule has 0 saturated carbocycles. The Bertz CT molecular complexity index is 671. The molecule has 2 nitrogen and oxygen atoms in total. The van der Waals surface area contributed by atoms with Crippen LogP contribution in [0.25, 0.3) is 0 Å². The summed E-state index contributed by atoms with van der Waals surface area (Å²) in [6, 6.07) is 10.6. The van der Waals surface area contributed by atoms with Gasteiger partial charge in [0.1, 0.15) is 5.75 Å². The molecule has 110 valence electrons. The minimum atomic E-state index is -0.0295. The number of Topliss-reactive ketones (excluding diaryl/α,β-unsaturated/α-hetero) is 1. The van der Waals surface area contributed by atoms with Crippen molar-refractivity contribution in [3.8, 4) is 5.75 Å². The molecule has 2 aromatic carbocycles. The van der Waals surface area contributed by atoms with Gasteiger partial charge in [-0.1, -0.05) is 45.2 Å². The fourth-order valence-corrected chi connectivity index (χ4v) is 2.61. The van der Waals surface area contributed by atoms with E-state index in [1.807, 2.05) is 13.0 Å². The van der Waals surface area contributed by atoms with Crippen molar-refractivity contribution in [3.63, 3.8) is 0 Å². The lowest BCUT2D eigenvalue weighted by Crippen LogP contribution is -2.07. The molecule has 0 radical (unpaired) electrons. The summed E-state index contributed by atoms with van der Waals surface area (Å²) >= 11 is 15.2. The van der Waals surface area contributed by atoms with Gasteiger partial charge in [-0.3, -0.25) is 4.79 Å². The summed E-state index contributed by atoms with van der Waals surface area (Å²) in [5, 5.41) is 0.923. The molecule has 0 aromatic heterocycles. The lowest BCUT2D eigenvalue weighted by Gasteiger charge is -2.10. The number of hydrogen-bond acceptors (Lipinski definition) is 2. The maximum atomic E-state index is 12.5. The van der Waals surface area contributed by atoms with Gasteiger partial charge in [0.25, 0.3) is 0 Å². The first-order chi connectivity index (χ1) is 10.0. The van der Waals surface area contributed by atoms with E-state index in [0.717, 1.165) is 10.0 Å². The fourth-order valence-electron chi connectivity index (χ4n) is 1.93. The number of halogens is 3. The van der Waals surface area contributed by atoms with Crippen LogP contribution in [-0.2, 0) is 6.42 Å². The van der Waals surface area contributed by atoms with Crippen LogP contribution in [0.5, 0.6) is 5.75 Å². The number of ketones is 1. The minimum absolute atomic E-state index is 0.0295. The van der Waals surface area contributed by atoms with Gasteiger partial charge < -0.3 is 4.74 Å². The summed E-state index contributed by atoms with van der Waals surface area (Å²) in [5.74, 6) is 0.559. The third kappa shape index (κ3) is 4.22. The van der Waals surface area contributed by atoms with Crippen molar-refractivity contribution >= 4 is 44.9 Å². The zero-order valence-corrected chi connectivity index (χ0v) is 14.4. The van der Waals surface area contributed by atoms with Crippen LogP contribution in [0.2, 0.25) is 10.0 Å². The van der Waals surface area contributed by atoms with Crippen molar-refractivity contribution in [1.82, 2.24) is 0 Å². The van der Waals surface area contributed by atoms with Gasteiger partial charge in [0.15, 0.2) is 5.78 Å². The van der Waals surface area contributed by atoms with Gasteiger partial charge in [-0.25, -0.2) is 0 Å². The largest absolute Gasteiger partial charge is 0.493 e. The Kier molecular flexibility index (Phi) is 5.68. The molecule has 21 heavy (non-hydrogen) atoms. The molecular weight excluding hydrogens is 375 g/mol. The summed E-state index contributed by atoms with van der Waals surface area (Å²) < 4.78 is 6.34. The molecule has 0 spiro atoms. The monoisotopic (exact) mass is 386 g/mol. The van der Waals surface area contributed by atoms with Crippen molar-refractivity contribution in [2.75, 3.05) is 6.61 Å². The second-order valence-electron chi connectivity index (χ2n) is 4.42. The zero-order valence-electron chi connectivity index (χ0n) is 11.3. The van der Waals surface area contributed by atoms with E-state index in [4.69, 9.17) is 27.9 Å². The Hall–Kier alpha value is -1.03. The van der Waals surface area contributed by atoms with Crippen LogP contribution in [-0.4, -0.2) is 12.4 Å². The van der Waals surface area contributed by atoms with Crippen LogP contribution < -0.4 is 4.74 Å². The number of carbonyl (C=O) groups is 1. The summed E-state index contributed by atoms with van der Waals surface area (Å²) in [7, 11) is 0. The van der Waals surface area contributed by atoms with Crippen molar-refractivity contribution in [3.05, 3.63) is 62.0 Å². The highest BCUT2D eigenvalue weighted by molar-refractivity contribution is 9.10. The topological polar surface area (TPSA) is 26.3 Å². The molecule has 0 N–H and O–H groups in total. The van der Waals surface area contributed by atoms with Gasteiger partial charge in [-0.15, -0.1) is 0 Å². The molecule has 0 heterocycles. The number of benzene rings is 2. The number of hydrogen-bond donors (Lipinski definition) is 0. The van der Waals surface area contributed by atoms with E-state index in [9.17, 15) is 4.79 Å². The third-order valence-electron chi connectivity index (χ3n) is 2.89. The molecule has 2 rings (SSSR count). The normalized spacial score (nSPS) is 10.5.